The highest BCUT2D eigenvalue weighted by Crippen LogP contribution is 2.29. The average Bonchev–Trinajstić information content (AvgIpc) is 2.90. The van der Waals surface area contributed by atoms with Crippen LogP contribution in [0.15, 0.2) is 42.6 Å². The van der Waals surface area contributed by atoms with Crippen LogP contribution in [0.4, 0.5) is 5.82 Å². The lowest BCUT2D eigenvalue weighted by atomic mass is 10.0. The summed E-state index contributed by atoms with van der Waals surface area (Å²) in [7, 11) is 0. The van der Waals surface area contributed by atoms with Gasteiger partial charge < -0.3 is 9.88 Å². The lowest BCUT2D eigenvalue weighted by Gasteiger charge is -2.12. The lowest BCUT2D eigenvalue weighted by molar-refractivity contribution is 0.673. The van der Waals surface area contributed by atoms with Crippen LogP contribution in [0.2, 0.25) is 0 Å². The largest absolute Gasteiger partial charge is 0.369 e. The van der Waals surface area contributed by atoms with Crippen molar-refractivity contribution in [1.82, 2.24) is 4.57 Å². The van der Waals surface area contributed by atoms with E-state index in [4.69, 9.17) is 5.26 Å². The molecule has 3 rings (SSSR count). The second kappa shape index (κ2) is 3.42. The predicted octanol–water partition coefficient (Wildman–Crippen LogP) is 2.37. The zero-order chi connectivity index (χ0) is 11.0. The summed E-state index contributed by atoms with van der Waals surface area (Å²) in [5.74, 6) is 1.15. The molecule has 3 heteroatoms. The minimum absolute atomic E-state index is 0.304. The quantitative estimate of drug-likeness (QED) is 0.783. The second-order valence-corrected chi connectivity index (χ2v) is 3.93. The van der Waals surface area contributed by atoms with Crippen molar-refractivity contribution in [3.8, 4) is 6.07 Å². The third-order valence-corrected chi connectivity index (χ3v) is 2.99. The van der Waals surface area contributed by atoms with Crippen LogP contribution in [0.25, 0.3) is 0 Å². The summed E-state index contributed by atoms with van der Waals surface area (Å²) >= 11 is 0. The third-order valence-electron chi connectivity index (χ3n) is 2.99. The standard InChI is InChI=1S/C13H11N3/c14-8-10-3-1-4-11(7-10)12-9-15-13-5-2-6-16(12)13/h1-7,12,15H,9H2. The van der Waals surface area contributed by atoms with E-state index in [-0.39, 0.29) is 0 Å². The number of benzene rings is 1. The van der Waals surface area contributed by atoms with Gasteiger partial charge in [0.05, 0.1) is 17.7 Å². The summed E-state index contributed by atoms with van der Waals surface area (Å²) in [5, 5.41) is 12.2. The van der Waals surface area contributed by atoms with Crippen molar-refractivity contribution < 1.29 is 0 Å². The molecule has 1 aromatic heterocycles. The van der Waals surface area contributed by atoms with Gasteiger partial charge in [0.2, 0.25) is 0 Å². The van der Waals surface area contributed by atoms with Gasteiger partial charge in [-0.05, 0) is 29.8 Å². The van der Waals surface area contributed by atoms with Crippen molar-refractivity contribution in [2.45, 2.75) is 6.04 Å². The Labute approximate surface area is 93.9 Å². The Morgan fingerprint density at radius 1 is 1.31 bits per heavy atom. The van der Waals surface area contributed by atoms with Gasteiger partial charge in [0.15, 0.2) is 0 Å². The number of nitrogens with zero attached hydrogens (tertiary/aromatic N) is 2. The van der Waals surface area contributed by atoms with Crippen molar-refractivity contribution in [3.63, 3.8) is 0 Å². The molecule has 1 N–H and O–H groups in total. The van der Waals surface area contributed by atoms with Crippen LogP contribution >= 0.6 is 0 Å². The molecular weight excluding hydrogens is 198 g/mol. The van der Waals surface area contributed by atoms with E-state index >= 15 is 0 Å². The van der Waals surface area contributed by atoms with Gasteiger partial charge in [0.25, 0.3) is 0 Å². The zero-order valence-corrected chi connectivity index (χ0v) is 8.72. The minimum atomic E-state index is 0.304. The van der Waals surface area contributed by atoms with E-state index in [1.807, 2.05) is 24.3 Å². The van der Waals surface area contributed by atoms with Gasteiger partial charge in [-0.2, -0.15) is 5.26 Å². The monoisotopic (exact) mass is 209 g/mol. The maximum Gasteiger partial charge on any atom is 0.106 e. The van der Waals surface area contributed by atoms with Gasteiger partial charge in [0, 0.05) is 12.7 Å². The molecule has 1 aliphatic rings. The molecule has 1 aromatic carbocycles. The summed E-state index contributed by atoms with van der Waals surface area (Å²) in [5.41, 5.74) is 1.90. The van der Waals surface area contributed by atoms with Gasteiger partial charge in [-0.1, -0.05) is 12.1 Å². The van der Waals surface area contributed by atoms with Crippen molar-refractivity contribution >= 4 is 5.82 Å². The van der Waals surface area contributed by atoms with Crippen LogP contribution in [0.1, 0.15) is 17.2 Å². The number of hydrogen-bond donors (Lipinski definition) is 1. The van der Waals surface area contributed by atoms with Crippen molar-refractivity contribution in [1.29, 1.82) is 5.26 Å². The van der Waals surface area contributed by atoms with Crippen LogP contribution < -0.4 is 5.32 Å². The first-order valence-electron chi connectivity index (χ1n) is 5.29. The second-order valence-electron chi connectivity index (χ2n) is 3.93. The Kier molecular flexibility index (Phi) is 1.94. The van der Waals surface area contributed by atoms with Gasteiger partial charge in [-0.15, -0.1) is 0 Å². The summed E-state index contributed by atoms with van der Waals surface area (Å²) in [4.78, 5) is 0. The van der Waals surface area contributed by atoms with Gasteiger partial charge in [-0.3, -0.25) is 0 Å². The van der Waals surface area contributed by atoms with E-state index in [9.17, 15) is 0 Å². The first-order valence-corrected chi connectivity index (χ1v) is 5.29. The fourth-order valence-electron chi connectivity index (χ4n) is 2.21. The van der Waals surface area contributed by atoms with Gasteiger partial charge in [0.1, 0.15) is 5.82 Å². The number of nitrogens with one attached hydrogen (secondary N) is 1. The molecule has 3 nitrogen and oxygen atoms in total. The SMILES string of the molecule is N#Cc1cccc(C2CNc3cccn32)c1. The van der Waals surface area contributed by atoms with E-state index in [0.717, 1.165) is 17.9 Å². The number of anilines is 1. The number of aromatic nitrogens is 1. The van der Waals surface area contributed by atoms with E-state index in [1.54, 1.807) is 0 Å². The molecule has 1 unspecified atom stereocenters. The molecule has 0 spiro atoms. The van der Waals surface area contributed by atoms with Crippen LogP contribution in [0.5, 0.6) is 0 Å². The van der Waals surface area contributed by atoms with Crippen LogP contribution in [0, 0.1) is 11.3 Å². The first kappa shape index (κ1) is 9.05. The molecule has 0 aliphatic carbocycles. The Hall–Kier alpha value is -2.21. The maximum atomic E-state index is 8.89. The zero-order valence-electron chi connectivity index (χ0n) is 8.72. The molecule has 16 heavy (non-hydrogen) atoms. The molecule has 0 fully saturated rings. The molecule has 2 heterocycles. The molecule has 0 radical (unpaired) electrons. The predicted molar refractivity (Wildman–Crippen MR) is 62.2 cm³/mol. The van der Waals surface area contributed by atoms with E-state index in [2.05, 4.69) is 34.3 Å². The summed E-state index contributed by atoms with van der Waals surface area (Å²) in [6, 6.07) is 14.4. The molecule has 78 valence electrons. The van der Waals surface area contributed by atoms with Crippen molar-refractivity contribution in [2.24, 2.45) is 0 Å². The normalized spacial score (nSPS) is 17.6. The van der Waals surface area contributed by atoms with Gasteiger partial charge >= 0.3 is 0 Å². The summed E-state index contributed by atoms with van der Waals surface area (Å²) in [6.07, 6.45) is 2.07. The molecule has 2 aromatic rings. The van der Waals surface area contributed by atoms with Crippen LogP contribution in [-0.2, 0) is 0 Å². The summed E-state index contributed by atoms with van der Waals surface area (Å²) in [6.45, 7) is 0.894. The van der Waals surface area contributed by atoms with E-state index in [0.29, 0.717) is 6.04 Å². The molecule has 0 bridgehead atoms. The molecule has 0 amide bonds. The number of hydrogen-bond acceptors (Lipinski definition) is 2. The van der Waals surface area contributed by atoms with Crippen LogP contribution in [-0.4, -0.2) is 11.1 Å². The van der Waals surface area contributed by atoms with E-state index in [1.165, 1.54) is 5.56 Å². The smallest absolute Gasteiger partial charge is 0.106 e. The fourth-order valence-corrected chi connectivity index (χ4v) is 2.21. The average molecular weight is 209 g/mol. The fraction of sp³-hybridized carbons (Fsp3) is 0.154. The molecule has 1 atom stereocenters. The van der Waals surface area contributed by atoms with E-state index < -0.39 is 0 Å². The highest BCUT2D eigenvalue weighted by atomic mass is 15.2. The Morgan fingerprint density at radius 3 is 3.12 bits per heavy atom. The Bertz CT molecular complexity index is 563. The maximum absolute atomic E-state index is 8.89. The molecule has 1 aliphatic heterocycles. The Balaban J connectivity index is 2.03. The Morgan fingerprint density at radius 2 is 2.25 bits per heavy atom. The highest BCUT2D eigenvalue weighted by Gasteiger charge is 2.21. The summed E-state index contributed by atoms with van der Waals surface area (Å²) < 4.78 is 2.20. The molecular formula is C13H11N3. The lowest BCUT2D eigenvalue weighted by Crippen LogP contribution is -2.08. The van der Waals surface area contributed by atoms with Gasteiger partial charge in [-0.25, -0.2) is 0 Å². The molecule has 0 saturated carbocycles. The first-order chi connectivity index (χ1) is 7.88. The number of fused-ring (bicyclic) bond motifs is 1. The minimum Gasteiger partial charge on any atom is -0.369 e. The van der Waals surface area contributed by atoms with Crippen LogP contribution in [0.3, 0.4) is 0 Å². The van der Waals surface area contributed by atoms with Crippen molar-refractivity contribution in [2.75, 3.05) is 11.9 Å². The molecule has 0 saturated heterocycles. The third kappa shape index (κ3) is 1.28. The topological polar surface area (TPSA) is 40.8 Å². The highest BCUT2D eigenvalue weighted by molar-refractivity contribution is 5.45. The van der Waals surface area contributed by atoms with Crippen molar-refractivity contribution in [3.05, 3.63) is 53.7 Å². The number of nitriles is 1. The number of rotatable bonds is 1.